The van der Waals surface area contributed by atoms with Crippen LogP contribution in [0.15, 0.2) is 16.6 Å². The molecule has 0 spiro atoms. The summed E-state index contributed by atoms with van der Waals surface area (Å²) in [6.07, 6.45) is 0.611. The summed E-state index contributed by atoms with van der Waals surface area (Å²) in [5.41, 5.74) is 5.80. The molecular weight excluding hydrogens is 333 g/mol. The number of hydrogen-bond donors (Lipinski definition) is 2. The number of nitrogens with two attached hydrogens (primary N) is 1. The van der Waals surface area contributed by atoms with Gasteiger partial charge in [0.15, 0.2) is 0 Å². The van der Waals surface area contributed by atoms with Gasteiger partial charge in [-0.1, -0.05) is 0 Å². The highest BCUT2D eigenvalue weighted by molar-refractivity contribution is 9.10. The van der Waals surface area contributed by atoms with Gasteiger partial charge >= 0.3 is 0 Å². The van der Waals surface area contributed by atoms with Crippen LogP contribution in [-0.4, -0.2) is 29.7 Å². The number of anilines is 1. The number of nitro groups is 1. The second kappa shape index (κ2) is 6.02. The van der Waals surface area contributed by atoms with Gasteiger partial charge in [0, 0.05) is 12.6 Å². The fourth-order valence-electron chi connectivity index (χ4n) is 2.21. The van der Waals surface area contributed by atoms with Crippen molar-refractivity contribution >= 4 is 27.3 Å². The molecule has 3 unspecified atom stereocenters. The minimum Gasteiger partial charge on any atom is -0.376 e. The van der Waals surface area contributed by atoms with Gasteiger partial charge in [0.05, 0.1) is 27.6 Å². The molecule has 3 N–H and O–H groups in total. The Morgan fingerprint density at radius 3 is 2.90 bits per heavy atom. The maximum Gasteiger partial charge on any atom is 0.295 e. The molecule has 2 rings (SSSR count). The van der Waals surface area contributed by atoms with Crippen molar-refractivity contribution in [1.29, 1.82) is 0 Å². The smallest absolute Gasteiger partial charge is 0.295 e. The van der Waals surface area contributed by atoms with Gasteiger partial charge in [-0.05, 0) is 35.3 Å². The Morgan fingerprint density at radius 2 is 2.35 bits per heavy atom. The van der Waals surface area contributed by atoms with E-state index in [-0.39, 0.29) is 34.0 Å². The quantitative estimate of drug-likeness (QED) is 0.630. The molecule has 1 saturated carbocycles. The zero-order chi connectivity index (χ0) is 14.9. The monoisotopic (exact) mass is 347 g/mol. The van der Waals surface area contributed by atoms with Crippen molar-refractivity contribution in [3.63, 3.8) is 0 Å². The number of rotatable bonds is 5. The lowest BCUT2D eigenvalue weighted by molar-refractivity contribution is -0.384. The Labute approximate surface area is 123 Å². The van der Waals surface area contributed by atoms with E-state index in [2.05, 4.69) is 21.2 Å². The maximum atomic E-state index is 13.4. The van der Waals surface area contributed by atoms with Crippen LogP contribution in [0.2, 0.25) is 0 Å². The average molecular weight is 348 g/mol. The largest absolute Gasteiger partial charge is 0.376 e. The molecule has 0 amide bonds. The van der Waals surface area contributed by atoms with Crippen LogP contribution in [0.5, 0.6) is 0 Å². The molecule has 0 saturated heterocycles. The molecule has 1 aliphatic carbocycles. The van der Waals surface area contributed by atoms with Gasteiger partial charge in [0.25, 0.3) is 5.69 Å². The molecule has 6 nitrogen and oxygen atoms in total. The van der Waals surface area contributed by atoms with Crippen molar-refractivity contribution in [3.8, 4) is 0 Å². The Kier molecular flexibility index (Phi) is 4.56. The van der Waals surface area contributed by atoms with E-state index in [1.807, 2.05) is 6.92 Å². The summed E-state index contributed by atoms with van der Waals surface area (Å²) < 4.78 is 19.0. The molecule has 3 atom stereocenters. The van der Waals surface area contributed by atoms with Gasteiger partial charge in [0.2, 0.25) is 0 Å². The number of nitrogens with one attached hydrogen (secondary N) is 1. The number of hydrogen-bond acceptors (Lipinski definition) is 5. The molecule has 0 heterocycles. The molecule has 1 fully saturated rings. The van der Waals surface area contributed by atoms with Crippen molar-refractivity contribution in [2.45, 2.75) is 31.5 Å². The molecular formula is C12H15BrFN3O3. The normalized spacial score (nSPS) is 25.1. The minimum atomic E-state index is -0.679. The number of ether oxygens (including phenoxy) is 1. The summed E-state index contributed by atoms with van der Waals surface area (Å²) in [7, 11) is 0. The number of nitro benzene ring substituents is 1. The second-order valence-corrected chi connectivity index (χ2v) is 5.46. The van der Waals surface area contributed by atoms with Gasteiger partial charge in [-0.2, -0.15) is 0 Å². The molecule has 110 valence electrons. The minimum absolute atomic E-state index is 0.0848. The molecule has 0 aliphatic heterocycles. The second-order valence-electron chi connectivity index (χ2n) is 4.60. The van der Waals surface area contributed by atoms with Crippen molar-refractivity contribution in [3.05, 3.63) is 32.5 Å². The Balaban J connectivity index is 2.24. The Morgan fingerprint density at radius 1 is 1.65 bits per heavy atom. The van der Waals surface area contributed by atoms with Gasteiger partial charge in [-0.3, -0.25) is 10.1 Å². The molecule has 20 heavy (non-hydrogen) atoms. The van der Waals surface area contributed by atoms with Crippen LogP contribution in [0.25, 0.3) is 0 Å². The first-order valence-electron chi connectivity index (χ1n) is 6.21. The third kappa shape index (κ3) is 2.92. The predicted octanol–water partition coefficient (Wildman–Crippen LogP) is 2.41. The van der Waals surface area contributed by atoms with E-state index >= 15 is 0 Å². The SMILES string of the molecule is CCOC1CC(N)C1Nc1cc(Br)c(F)cc1[N+](=O)[O-]. The van der Waals surface area contributed by atoms with Crippen LogP contribution in [0.1, 0.15) is 13.3 Å². The fraction of sp³-hybridized carbons (Fsp3) is 0.500. The summed E-state index contributed by atoms with van der Waals surface area (Å²) in [5.74, 6) is -0.679. The Hall–Kier alpha value is -1.25. The van der Waals surface area contributed by atoms with Gasteiger partial charge in [0.1, 0.15) is 11.5 Å². The van der Waals surface area contributed by atoms with Crippen molar-refractivity contribution in [2.24, 2.45) is 5.73 Å². The van der Waals surface area contributed by atoms with E-state index in [1.54, 1.807) is 0 Å². The lowest BCUT2D eigenvalue weighted by Gasteiger charge is -2.42. The highest BCUT2D eigenvalue weighted by Crippen LogP contribution is 2.34. The fourth-order valence-corrected chi connectivity index (χ4v) is 2.55. The summed E-state index contributed by atoms with van der Waals surface area (Å²) in [6, 6.07) is 1.87. The van der Waals surface area contributed by atoms with Crippen LogP contribution in [0, 0.1) is 15.9 Å². The first-order valence-corrected chi connectivity index (χ1v) is 7.00. The number of nitrogens with zero attached hydrogens (tertiary/aromatic N) is 1. The van der Waals surface area contributed by atoms with E-state index in [9.17, 15) is 14.5 Å². The first-order chi connectivity index (χ1) is 9.43. The number of halogens is 2. The maximum absolute atomic E-state index is 13.4. The van der Waals surface area contributed by atoms with E-state index in [4.69, 9.17) is 10.5 Å². The van der Waals surface area contributed by atoms with Crippen LogP contribution in [-0.2, 0) is 4.74 Å². The van der Waals surface area contributed by atoms with E-state index in [0.717, 1.165) is 6.07 Å². The van der Waals surface area contributed by atoms with Crippen molar-refractivity contribution < 1.29 is 14.1 Å². The van der Waals surface area contributed by atoms with Crippen molar-refractivity contribution in [1.82, 2.24) is 0 Å². The third-order valence-electron chi connectivity index (χ3n) is 3.30. The predicted molar refractivity (Wildman–Crippen MR) is 76.2 cm³/mol. The van der Waals surface area contributed by atoms with Gasteiger partial charge in [-0.15, -0.1) is 0 Å². The molecule has 0 radical (unpaired) electrons. The summed E-state index contributed by atoms with van der Waals surface area (Å²) in [4.78, 5) is 10.4. The van der Waals surface area contributed by atoms with E-state index < -0.39 is 10.7 Å². The van der Waals surface area contributed by atoms with Crippen LogP contribution < -0.4 is 11.1 Å². The van der Waals surface area contributed by atoms with E-state index in [1.165, 1.54) is 6.07 Å². The molecule has 1 aromatic carbocycles. The topological polar surface area (TPSA) is 90.4 Å². The lowest BCUT2D eigenvalue weighted by Crippen LogP contribution is -2.60. The molecule has 1 aliphatic rings. The zero-order valence-electron chi connectivity index (χ0n) is 10.8. The van der Waals surface area contributed by atoms with Crippen molar-refractivity contribution in [2.75, 3.05) is 11.9 Å². The number of benzene rings is 1. The summed E-state index contributed by atoms with van der Waals surface area (Å²) in [5, 5.41) is 14.0. The molecule has 1 aromatic rings. The summed E-state index contributed by atoms with van der Waals surface area (Å²) >= 11 is 3.02. The van der Waals surface area contributed by atoms with Crippen LogP contribution >= 0.6 is 15.9 Å². The average Bonchev–Trinajstić information content (AvgIpc) is 2.39. The van der Waals surface area contributed by atoms with E-state index in [0.29, 0.717) is 13.0 Å². The summed E-state index contributed by atoms with van der Waals surface area (Å²) in [6.45, 7) is 2.42. The Bertz CT molecular complexity index is 527. The zero-order valence-corrected chi connectivity index (χ0v) is 12.4. The molecule has 8 heteroatoms. The highest BCUT2D eigenvalue weighted by atomic mass is 79.9. The van der Waals surface area contributed by atoms with Gasteiger partial charge in [-0.25, -0.2) is 4.39 Å². The third-order valence-corrected chi connectivity index (χ3v) is 3.91. The van der Waals surface area contributed by atoms with Gasteiger partial charge < -0.3 is 15.8 Å². The van der Waals surface area contributed by atoms with Crippen LogP contribution in [0.3, 0.4) is 0 Å². The van der Waals surface area contributed by atoms with Crippen LogP contribution in [0.4, 0.5) is 15.8 Å². The lowest BCUT2D eigenvalue weighted by atomic mass is 9.83. The standard InChI is InChI=1S/C12H15BrFN3O3/c1-2-20-11-5-8(15)12(11)16-9-3-6(13)7(14)4-10(9)17(18)19/h3-4,8,11-12,16H,2,5,15H2,1H3. The molecule has 0 bridgehead atoms. The first kappa shape index (κ1) is 15.1. The molecule has 0 aromatic heterocycles. The highest BCUT2D eigenvalue weighted by Gasteiger charge is 2.40.